The minimum atomic E-state index is -5.21. The van der Waals surface area contributed by atoms with Crippen molar-refractivity contribution >= 4 is 5.78 Å². The second-order valence-electron chi connectivity index (χ2n) is 5.62. The number of nitrogens with zero attached hydrogens (tertiary/aromatic N) is 2. The molecule has 2 aromatic rings. The molecule has 1 heterocycles. The summed E-state index contributed by atoms with van der Waals surface area (Å²) in [6, 6.07) is -0.620. The first-order valence-electron chi connectivity index (χ1n) is 7.42. The fourth-order valence-corrected chi connectivity index (χ4v) is 2.25. The second kappa shape index (κ2) is 7.52. The summed E-state index contributed by atoms with van der Waals surface area (Å²) in [5.41, 5.74) is -7.03. The molecule has 0 N–H and O–H groups in total. The summed E-state index contributed by atoms with van der Waals surface area (Å²) >= 11 is 0. The van der Waals surface area contributed by atoms with Gasteiger partial charge in [-0.25, -0.2) is 4.98 Å². The van der Waals surface area contributed by atoms with Crippen LogP contribution in [-0.4, -0.2) is 22.9 Å². The van der Waals surface area contributed by atoms with E-state index in [0.717, 1.165) is 7.11 Å². The number of Topliss-reactive ketones (excluding diaryl/α,β-unsaturated/α-hetero) is 1. The molecule has 0 bridgehead atoms. The molecule has 0 aliphatic rings. The topological polar surface area (TPSA) is 52.1 Å². The summed E-state index contributed by atoms with van der Waals surface area (Å²) in [6.45, 7) is 0. The van der Waals surface area contributed by atoms with Crippen molar-refractivity contribution in [2.45, 2.75) is 24.9 Å². The first-order valence-corrected chi connectivity index (χ1v) is 7.42. The van der Waals surface area contributed by atoms with Crippen LogP contribution in [0.15, 0.2) is 24.4 Å². The molecule has 1 aromatic heterocycles. The van der Waals surface area contributed by atoms with Crippen LogP contribution in [0.3, 0.4) is 0 Å². The van der Waals surface area contributed by atoms with Gasteiger partial charge in [0.15, 0.2) is 11.5 Å². The van der Waals surface area contributed by atoms with Crippen molar-refractivity contribution < 1.29 is 49.0 Å². The summed E-state index contributed by atoms with van der Waals surface area (Å²) in [7, 11) is 0.974. The van der Waals surface area contributed by atoms with Crippen molar-refractivity contribution in [3.63, 3.8) is 0 Å². The minimum absolute atomic E-state index is 0.134. The lowest BCUT2D eigenvalue weighted by Gasteiger charge is -2.15. The van der Waals surface area contributed by atoms with Crippen LogP contribution < -0.4 is 4.74 Å². The number of ketones is 1. The van der Waals surface area contributed by atoms with E-state index in [-0.39, 0.29) is 18.2 Å². The van der Waals surface area contributed by atoms with Crippen LogP contribution in [0.5, 0.6) is 6.01 Å². The molecule has 29 heavy (non-hydrogen) atoms. The molecule has 0 aliphatic carbocycles. The molecule has 0 radical (unpaired) electrons. The molecule has 0 atom stereocenters. The van der Waals surface area contributed by atoms with E-state index in [1.54, 1.807) is 0 Å². The summed E-state index contributed by atoms with van der Waals surface area (Å²) < 4.78 is 121. The van der Waals surface area contributed by atoms with E-state index < -0.39 is 64.7 Å². The Balaban J connectivity index is 2.51. The molecule has 1 aromatic carbocycles. The highest BCUT2D eigenvalue weighted by molar-refractivity contribution is 5.98. The normalized spacial score (nSPS) is 12.8. The number of hydrogen-bond donors (Lipinski definition) is 0. The molecule has 2 rings (SSSR count). The maximum absolute atomic E-state index is 13.1. The van der Waals surface area contributed by atoms with Gasteiger partial charge in [0.2, 0.25) is 0 Å². The first kappa shape index (κ1) is 22.4. The minimum Gasteiger partial charge on any atom is -0.467 e. The Bertz CT molecular complexity index is 886. The molecular formula is C16H9F9N2O2. The average Bonchev–Trinajstić information content (AvgIpc) is 2.59. The van der Waals surface area contributed by atoms with Gasteiger partial charge in [0, 0.05) is 23.7 Å². The number of ether oxygens (including phenoxy) is 1. The number of hydrogen-bond acceptors (Lipinski definition) is 4. The van der Waals surface area contributed by atoms with Crippen LogP contribution in [0.2, 0.25) is 0 Å². The van der Waals surface area contributed by atoms with Gasteiger partial charge >= 0.3 is 24.5 Å². The van der Waals surface area contributed by atoms with Crippen molar-refractivity contribution in [2.24, 2.45) is 0 Å². The Labute approximate surface area is 156 Å². The smallest absolute Gasteiger partial charge is 0.433 e. The van der Waals surface area contributed by atoms with Crippen molar-refractivity contribution in [3.8, 4) is 6.01 Å². The van der Waals surface area contributed by atoms with Crippen LogP contribution in [0, 0.1) is 0 Å². The fourth-order valence-electron chi connectivity index (χ4n) is 2.25. The van der Waals surface area contributed by atoms with Gasteiger partial charge < -0.3 is 4.74 Å². The van der Waals surface area contributed by atoms with E-state index in [1.807, 2.05) is 0 Å². The standard InChI is InChI=1S/C16H9F9N2O2/c1-29-13-26-6-8(12(27-13)16(23,24)25)4-11(28)7-2-9(14(17,18)19)5-10(3-7)15(20,21)22/h2-3,5-6H,4H2,1H3. The number of aromatic nitrogens is 2. The number of rotatable bonds is 4. The zero-order valence-electron chi connectivity index (χ0n) is 14.1. The molecule has 0 saturated carbocycles. The van der Waals surface area contributed by atoms with Gasteiger partial charge in [0.25, 0.3) is 0 Å². The number of carbonyl (C=O) groups is 1. The zero-order chi connectivity index (χ0) is 22.2. The molecule has 0 aliphatic heterocycles. The van der Waals surface area contributed by atoms with Gasteiger partial charge in [-0.05, 0) is 18.2 Å². The number of alkyl halides is 9. The van der Waals surface area contributed by atoms with Crippen LogP contribution in [-0.2, 0) is 24.9 Å². The highest BCUT2D eigenvalue weighted by Crippen LogP contribution is 2.37. The van der Waals surface area contributed by atoms with Crippen LogP contribution in [0.25, 0.3) is 0 Å². The summed E-state index contributed by atoms with van der Waals surface area (Å²) in [5, 5.41) is 0. The molecule has 0 fully saturated rings. The highest BCUT2D eigenvalue weighted by atomic mass is 19.4. The quantitative estimate of drug-likeness (QED) is 0.506. The van der Waals surface area contributed by atoms with Gasteiger partial charge in [-0.3, -0.25) is 4.79 Å². The number of benzene rings is 1. The predicted octanol–water partition coefficient (Wildman–Crippen LogP) is 4.97. The van der Waals surface area contributed by atoms with E-state index in [9.17, 15) is 44.3 Å². The van der Waals surface area contributed by atoms with E-state index in [0.29, 0.717) is 6.20 Å². The van der Waals surface area contributed by atoms with Gasteiger partial charge in [-0.15, -0.1) is 0 Å². The summed E-state index contributed by atoms with van der Waals surface area (Å²) in [5.74, 6) is -1.42. The lowest BCUT2D eigenvalue weighted by molar-refractivity contribution is -0.143. The zero-order valence-corrected chi connectivity index (χ0v) is 14.1. The molecule has 0 saturated heterocycles. The molecule has 158 valence electrons. The largest absolute Gasteiger partial charge is 0.467 e. The van der Waals surface area contributed by atoms with E-state index >= 15 is 0 Å². The Morgan fingerprint density at radius 3 is 1.83 bits per heavy atom. The van der Waals surface area contributed by atoms with Crippen molar-refractivity contribution in [3.05, 3.63) is 52.3 Å². The third-order valence-corrected chi connectivity index (χ3v) is 3.55. The summed E-state index contributed by atoms with van der Waals surface area (Å²) in [4.78, 5) is 18.7. The number of carbonyl (C=O) groups excluding carboxylic acids is 1. The number of methoxy groups -OCH3 is 1. The molecule has 0 amide bonds. The third kappa shape index (κ3) is 5.35. The molecule has 0 spiro atoms. The lowest BCUT2D eigenvalue weighted by Crippen LogP contribution is -2.18. The Morgan fingerprint density at radius 2 is 1.41 bits per heavy atom. The summed E-state index contributed by atoms with van der Waals surface area (Å²) in [6.07, 6.45) is -16.1. The van der Waals surface area contributed by atoms with Crippen LogP contribution in [0.1, 0.15) is 32.7 Å². The monoisotopic (exact) mass is 432 g/mol. The fraction of sp³-hybridized carbons (Fsp3) is 0.312. The highest BCUT2D eigenvalue weighted by Gasteiger charge is 2.39. The predicted molar refractivity (Wildman–Crippen MR) is 78.1 cm³/mol. The SMILES string of the molecule is COc1ncc(CC(=O)c2cc(C(F)(F)F)cc(C(F)(F)F)c2)c(C(F)(F)F)n1. The Morgan fingerprint density at radius 1 is 0.897 bits per heavy atom. The van der Waals surface area contributed by atoms with E-state index in [1.165, 1.54) is 0 Å². The first-order chi connectivity index (χ1) is 13.1. The molecule has 4 nitrogen and oxygen atoms in total. The molecule has 0 unspecified atom stereocenters. The van der Waals surface area contributed by atoms with Gasteiger partial charge in [-0.1, -0.05) is 0 Å². The van der Waals surface area contributed by atoms with E-state index in [2.05, 4.69) is 14.7 Å². The van der Waals surface area contributed by atoms with Crippen LogP contribution in [0.4, 0.5) is 39.5 Å². The van der Waals surface area contributed by atoms with Crippen molar-refractivity contribution in [2.75, 3.05) is 7.11 Å². The van der Waals surface area contributed by atoms with Gasteiger partial charge in [0.1, 0.15) is 0 Å². The van der Waals surface area contributed by atoms with Gasteiger partial charge in [-0.2, -0.15) is 44.5 Å². The Hall–Kier alpha value is -2.86. The molecule has 13 heteroatoms. The Kier molecular flexibility index (Phi) is 5.82. The maximum Gasteiger partial charge on any atom is 0.433 e. The van der Waals surface area contributed by atoms with Crippen LogP contribution >= 0.6 is 0 Å². The number of halogens is 9. The molecular weight excluding hydrogens is 423 g/mol. The van der Waals surface area contributed by atoms with Gasteiger partial charge in [0.05, 0.1) is 18.2 Å². The van der Waals surface area contributed by atoms with Crippen molar-refractivity contribution in [1.82, 2.24) is 9.97 Å². The second-order valence-corrected chi connectivity index (χ2v) is 5.62. The van der Waals surface area contributed by atoms with Crippen molar-refractivity contribution in [1.29, 1.82) is 0 Å². The third-order valence-electron chi connectivity index (χ3n) is 3.55. The lowest BCUT2D eigenvalue weighted by atomic mass is 9.98. The average molecular weight is 432 g/mol. The van der Waals surface area contributed by atoms with E-state index in [4.69, 9.17) is 0 Å². The maximum atomic E-state index is 13.1.